The highest BCUT2D eigenvalue weighted by atomic mass is 16.4. The predicted octanol–water partition coefficient (Wildman–Crippen LogP) is 0.737. The molecule has 1 aliphatic heterocycles. The van der Waals surface area contributed by atoms with Crippen molar-refractivity contribution in [2.24, 2.45) is 0 Å². The van der Waals surface area contributed by atoms with Crippen LogP contribution in [0.25, 0.3) is 0 Å². The zero-order valence-corrected chi connectivity index (χ0v) is 7.58. The Morgan fingerprint density at radius 2 is 2.33 bits per heavy atom. The summed E-state index contributed by atoms with van der Waals surface area (Å²) in [5, 5.41) is 12.0. The highest BCUT2D eigenvalue weighted by Crippen LogP contribution is 2.13. The first kappa shape index (κ1) is 9.32. The molecule has 0 aromatic carbocycles. The lowest BCUT2D eigenvalue weighted by Crippen LogP contribution is -2.47. The molecular weight excluding hydrogens is 156 g/mol. The second kappa shape index (κ2) is 3.76. The molecule has 0 spiro atoms. The molecule has 4 nitrogen and oxygen atoms in total. The molecule has 2 N–H and O–H groups in total. The van der Waals surface area contributed by atoms with E-state index in [-0.39, 0.29) is 6.04 Å². The van der Waals surface area contributed by atoms with E-state index in [9.17, 15) is 4.79 Å². The first-order valence-corrected chi connectivity index (χ1v) is 4.30. The van der Waals surface area contributed by atoms with Crippen LogP contribution in [0.15, 0.2) is 0 Å². The topological polar surface area (TPSA) is 52.6 Å². The lowest BCUT2D eigenvalue weighted by atomic mass is 10.00. The van der Waals surface area contributed by atoms with Crippen molar-refractivity contribution in [3.63, 3.8) is 0 Å². The maximum absolute atomic E-state index is 10.6. The van der Waals surface area contributed by atoms with Crippen LogP contribution >= 0.6 is 0 Å². The van der Waals surface area contributed by atoms with Crippen molar-refractivity contribution >= 4 is 6.09 Å². The van der Waals surface area contributed by atoms with Crippen molar-refractivity contribution in [1.82, 2.24) is 10.2 Å². The Morgan fingerprint density at radius 1 is 1.67 bits per heavy atom. The van der Waals surface area contributed by atoms with E-state index in [1.807, 2.05) is 0 Å². The molecule has 4 heteroatoms. The Kier molecular flexibility index (Phi) is 2.92. The van der Waals surface area contributed by atoms with E-state index in [0.29, 0.717) is 6.04 Å². The van der Waals surface area contributed by atoms with Crippen LogP contribution in [0.3, 0.4) is 0 Å². The molecule has 0 aliphatic carbocycles. The third kappa shape index (κ3) is 2.11. The van der Waals surface area contributed by atoms with Crippen molar-refractivity contribution in [3.05, 3.63) is 0 Å². The SMILES string of the molecule is CC1CC(N(C)C(=O)O)CCN1. The van der Waals surface area contributed by atoms with Gasteiger partial charge in [0.2, 0.25) is 0 Å². The minimum absolute atomic E-state index is 0.193. The van der Waals surface area contributed by atoms with Crippen molar-refractivity contribution in [1.29, 1.82) is 0 Å². The van der Waals surface area contributed by atoms with Crippen molar-refractivity contribution in [2.75, 3.05) is 13.6 Å². The molecule has 70 valence electrons. The average Bonchev–Trinajstić information content (AvgIpc) is 2.03. The highest BCUT2D eigenvalue weighted by molar-refractivity contribution is 5.64. The van der Waals surface area contributed by atoms with Crippen LogP contribution in [0.5, 0.6) is 0 Å². The van der Waals surface area contributed by atoms with E-state index in [4.69, 9.17) is 5.11 Å². The summed E-state index contributed by atoms with van der Waals surface area (Å²) in [6, 6.07) is 0.629. The molecule has 0 bridgehead atoms. The van der Waals surface area contributed by atoms with E-state index < -0.39 is 6.09 Å². The van der Waals surface area contributed by atoms with E-state index in [2.05, 4.69) is 12.2 Å². The molecule has 0 radical (unpaired) electrons. The first-order chi connectivity index (χ1) is 5.61. The van der Waals surface area contributed by atoms with Gasteiger partial charge in [-0.3, -0.25) is 0 Å². The first-order valence-electron chi connectivity index (χ1n) is 4.30. The van der Waals surface area contributed by atoms with Crippen molar-refractivity contribution in [3.8, 4) is 0 Å². The van der Waals surface area contributed by atoms with Gasteiger partial charge in [-0.1, -0.05) is 0 Å². The third-order valence-electron chi connectivity index (χ3n) is 2.45. The van der Waals surface area contributed by atoms with Crippen LogP contribution in [0.2, 0.25) is 0 Å². The summed E-state index contributed by atoms with van der Waals surface area (Å²) in [5.41, 5.74) is 0. The van der Waals surface area contributed by atoms with Crippen LogP contribution in [0.4, 0.5) is 4.79 Å². The maximum atomic E-state index is 10.6. The van der Waals surface area contributed by atoms with Crippen LogP contribution in [-0.4, -0.2) is 41.8 Å². The van der Waals surface area contributed by atoms with Gasteiger partial charge in [-0.15, -0.1) is 0 Å². The van der Waals surface area contributed by atoms with Crippen molar-refractivity contribution in [2.45, 2.75) is 31.8 Å². The number of hydrogen-bond donors (Lipinski definition) is 2. The zero-order valence-electron chi connectivity index (χ0n) is 7.58. The van der Waals surface area contributed by atoms with Gasteiger partial charge in [-0.25, -0.2) is 4.79 Å². The van der Waals surface area contributed by atoms with Crippen LogP contribution < -0.4 is 5.32 Å². The Morgan fingerprint density at radius 3 is 2.83 bits per heavy atom. The number of nitrogens with one attached hydrogen (secondary N) is 1. The molecule has 1 rings (SSSR count). The van der Waals surface area contributed by atoms with E-state index in [1.54, 1.807) is 7.05 Å². The zero-order chi connectivity index (χ0) is 9.14. The number of piperidine rings is 1. The minimum Gasteiger partial charge on any atom is -0.465 e. The van der Waals surface area contributed by atoms with Gasteiger partial charge in [0.05, 0.1) is 0 Å². The summed E-state index contributed by atoms with van der Waals surface area (Å²) < 4.78 is 0. The van der Waals surface area contributed by atoms with Gasteiger partial charge < -0.3 is 15.3 Å². The molecular formula is C8H16N2O2. The Hall–Kier alpha value is -0.770. The molecule has 2 unspecified atom stereocenters. The molecule has 2 atom stereocenters. The van der Waals surface area contributed by atoms with Gasteiger partial charge in [-0.05, 0) is 26.3 Å². The van der Waals surface area contributed by atoms with E-state index in [1.165, 1.54) is 4.90 Å². The van der Waals surface area contributed by atoms with Gasteiger partial charge >= 0.3 is 6.09 Å². The molecule has 1 aliphatic rings. The number of hydrogen-bond acceptors (Lipinski definition) is 2. The van der Waals surface area contributed by atoms with Crippen LogP contribution in [0.1, 0.15) is 19.8 Å². The van der Waals surface area contributed by atoms with Gasteiger partial charge in [0.15, 0.2) is 0 Å². The summed E-state index contributed by atoms with van der Waals surface area (Å²) in [7, 11) is 1.64. The quantitative estimate of drug-likeness (QED) is 0.613. The standard InChI is InChI=1S/C8H16N2O2/c1-6-5-7(3-4-9-6)10(2)8(11)12/h6-7,9H,3-5H2,1-2H3,(H,11,12). The Labute approximate surface area is 72.6 Å². The van der Waals surface area contributed by atoms with Crippen molar-refractivity contribution < 1.29 is 9.90 Å². The van der Waals surface area contributed by atoms with Crippen LogP contribution in [0, 0.1) is 0 Å². The van der Waals surface area contributed by atoms with Gasteiger partial charge in [0.25, 0.3) is 0 Å². The molecule has 0 aromatic rings. The average molecular weight is 172 g/mol. The second-order valence-corrected chi connectivity index (χ2v) is 3.43. The fraction of sp³-hybridized carbons (Fsp3) is 0.875. The Bertz CT molecular complexity index is 172. The molecule has 0 saturated carbocycles. The largest absolute Gasteiger partial charge is 0.465 e. The number of carbonyl (C=O) groups is 1. The van der Waals surface area contributed by atoms with E-state index in [0.717, 1.165) is 19.4 Å². The summed E-state index contributed by atoms with van der Waals surface area (Å²) >= 11 is 0. The number of carboxylic acid groups (broad SMARTS) is 1. The monoisotopic (exact) mass is 172 g/mol. The minimum atomic E-state index is -0.825. The number of amides is 1. The lowest BCUT2D eigenvalue weighted by molar-refractivity contribution is 0.123. The smallest absolute Gasteiger partial charge is 0.407 e. The third-order valence-corrected chi connectivity index (χ3v) is 2.45. The Balaban J connectivity index is 2.45. The fourth-order valence-corrected chi connectivity index (χ4v) is 1.61. The predicted molar refractivity (Wildman–Crippen MR) is 46.3 cm³/mol. The highest BCUT2D eigenvalue weighted by Gasteiger charge is 2.24. The van der Waals surface area contributed by atoms with E-state index >= 15 is 0 Å². The summed E-state index contributed by atoms with van der Waals surface area (Å²) in [4.78, 5) is 12.0. The fourth-order valence-electron chi connectivity index (χ4n) is 1.61. The number of rotatable bonds is 1. The summed E-state index contributed by atoms with van der Waals surface area (Å²) in [6.07, 6.45) is 1.02. The molecule has 0 aromatic heterocycles. The van der Waals surface area contributed by atoms with Crippen LogP contribution in [-0.2, 0) is 0 Å². The molecule has 1 amide bonds. The molecule has 12 heavy (non-hydrogen) atoms. The lowest BCUT2D eigenvalue weighted by Gasteiger charge is -2.33. The second-order valence-electron chi connectivity index (χ2n) is 3.43. The molecule has 1 saturated heterocycles. The maximum Gasteiger partial charge on any atom is 0.407 e. The summed E-state index contributed by atoms with van der Waals surface area (Å²) in [6.45, 7) is 3.01. The normalized spacial score (nSPS) is 29.8. The molecule has 1 heterocycles. The van der Waals surface area contributed by atoms with Gasteiger partial charge in [0.1, 0.15) is 0 Å². The summed E-state index contributed by atoms with van der Waals surface area (Å²) in [5.74, 6) is 0. The number of nitrogens with zero attached hydrogens (tertiary/aromatic N) is 1. The van der Waals surface area contributed by atoms with Gasteiger partial charge in [-0.2, -0.15) is 0 Å². The van der Waals surface area contributed by atoms with Gasteiger partial charge in [0, 0.05) is 19.1 Å². The molecule has 1 fully saturated rings.